The van der Waals surface area contributed by atoms with Crippen LogP contribution in [0.15, 0.2) is 30.7 Å². The van der Waals surface area contributed by atoms with Crippen molar-refractivity contribution in [3.63, 3.8) is 0 Å². The van der Waals surface area contributed by atoms with Gasteiger partial charge >= 0.3 is 0 Å². The van der Waals surface area contributed by atoms with Gasteiger partial charge in [-0.25, -0.2) is 9.97 Å². The maximum atomic E-state index is 5.75. The molecule has 0 aliphatic heterocycles. The van der Waals surface area contributed by atoms with E-state index in [1.54, 1.807) is 13.3 Å². The van der Waals surface area contributed by atoms with E-state index >= 15 is 0 Å². The van der Waals surface area contributed by atoms with Gasteiger partial charge in [0.1, 0.15) is 12.1 Å². The summed E-state index contributed by atoms with van der Waals surface area (Å²) in [5, 5.41) is 3.13. The van der Waals surface area contributed by atoms with Gasteiger partial charge in [0.2, 0.25) is 0 Å². The fourth-order valence-corrected chi connectivity index (χ4v) is 1.54. The second-order valence-electron chi connectivity index (χ2n) is 3.64. The maximum absolute atomic E-state index is 5.75. The van der Waals surface area contributed by atoms with Crippen LogP contribution < -0.4 is 15.8 Å². The predicted octanol–water partition coefficient (Wildman–Crippen LogP) is 2.12. The highest BCUT2D eigenvalue weighted by Crippen LogP contribution is 2.24. The van der Waals surface area contributed by atoms with Crippen molar-refractivity contribution in [2.75, 3.05) is 18.2 Å². The van der Waals surface area contributed by atoms with Gasteiger partial charge in [-0.3, -0.25) is 0 Å². The van der Waals surface area contributed by atoms with E-state index in [9.17, 15) is 0 Å². The molecule has 3 N–H and O–H groups in total. The number of ether oxygens (including phenoxy) is 1. The first kappa shape index (κ1) is 11.2. The Morgan fingerprint density at radius 2 is 2.18 bits per heavy atom. The lowest BCUT2D eigenvalue weighted by Gasteiger charge is -2.10. The number of methoxy groups -OCH3 is 1. The third kappa shape index (κ3) is 2.44. The molecule has 0 fully saturated rings. The van der Waals surface area contributed by atoms with E-state index in [-0.39, 0.29) is 0 Å². The molecule has 17 heavy (non-hydrogen) atoms. The molecule has 1 heterocycles. The average molecular weight is 230 g/mol. The lowest BCUT2D eigenvalue weighted by atomic mass is 10.2. The average Bonchev–Trinajstić information content (AvgIpc) is 2.32. The Bertz CT molecular complexity index is 528. The Hall–Kier alpha value is -2.30. The Morgan fingerprint density at radius 1 is 1.35 bits per heavy atom. The molecule has 0 atom stereocenters. The van der Waals surface area contributed by atoms with Crippen molar-refractivity contribution >= 4 is 17.2 Å². The molecule has 1 aromatic carbocycles. The second kappa shape index (κ2) is 4.69. The first-order valence-corrected chi connectivity index (χ1v) is 5.18. The van der Waals surface area contributed by atoms with Gasteiger partial charge in [-0.15, -0.1) is 0 Å². The second-order valence-corrected chi connectivity index (χ2v) is 3.64. The van der Waals surface area contributed by atoms with Gasteiger partial charge in [-0.1, -0.05) is 0 Å². The number of nitrogens with one attached hydrogen (secondary N) is 1. The first-order valence-electron chi connectivity index (χ1n) is 5.18. The zero-order valence-corrected chi connectivity index (χ0v) is 9.77. The van der Waals surface area contributed by atoms with Crippen molar-refractivity contribution in [1.82, 2.24) is 9.97 Å². The maximum Gasteiger partial charge on any atom is 0.157 e. The van der Waals surface area contributed by atoms with E-state index in [1.165, 1.54) is 6.33 Å². The van der Waals surface area contributed by atoms with Crippen LogP contribution in [0.25, 0.3) is 0 Å². The normalized spacial score (nSPS) is 10.0. The molecule has 2 aromatic rings. The zero-order chi connectivity index (χ0) is 12.3. The molecular weight excluding hydrogens is 216 g/mol. The van der Waals surface area contributed by atoms with E-state index in [0.717, 1.165) is 17.0 Å². The fraction of sp³-hybridized carbons (Fsp3) is 0.167. The summed E-state index contributed by atoms with van der Waals surface area (Å²) in [7, 11) is 1.65. The Labute approximate surface area is 99.7 Å². The van der Waals surface area contributed by atoms with Gasteiger partial charge in [0, 0.05) is 5.69 Å². The molecule has 2 rings (SSSR count). The Morgan fingerprint density at radius 3 is 2.82 bits per heavy atom. The van der Waals surface area contributed by atoms with Crippen LogP contribution in [0.2, 0.25) is 0 Å². The molecule has 88 valence electrons. The van der Waals surface area contributed by atoms with Crippen molar-refractivity contribution in [3.05, 3.63) is 36.3 Å². The van der Waals surface area contributed by atoms with E-state index in [4.69, 9.17) is 10.5 Å². The van der Waals surface area contributed by atoms with Gasteiger partial charge in [0.15, 0.2) is 5.82 Å². The van der Waals surface area contributed by atoms with Gasteiger partial charge in [-0.2, -0.15) is 0 Å². The molecule has 0 bridgehead atoms. The van der Waals surface area contributed by atoms with E-state index in [0.29, 0.717) is 11.5 Å². The number of hydrogen-bond donors (Lipinski definition) is 2. The topological polar surface area (TPSA) is 73.1 Å². The van der Waals surface area contributed by atoms with E-state index in [2.05, 4.69) is 15.3 Å². The van der Waals surface area contributed by atoms with Crippen LogP contribution in [-0.2, 0) is 0 Å². The number of anilines is 3. The summed E-state index contributed by atoms with van der Waals surface area (Å²) in [6, 6.07) is 5.78. The summed E-state index contributed by atoms with van der Waals surface area (Å²) in [4.78, 5) is 7.90. The molecule has 0 saturated heterocycles. The van der Waals surface area contributed by atoms with Crippen molar-refractivity contribution in [3.8, 4) is 5.75 Å². The SMILES string of the molecule is COc1ccc(Nc2ncncc2N)cc1C. The number of nitrogens with zero attached hydrogens (tertiary/aromatic N) is 2. The molecule has 5 heteroatoms. The lowest BCUT2D eigenvalue weighted by molar-refractivity contribution is 0.412. The summed E-state index contributed by atoms with van der Waals surface area (Å²) in [5.74, 6) is 1.45. The minimum atomic E-state index is 0.515. The zero-order valence-electron chi connectivity index (χ0n) is 9.77. The summed E-state index contributed by atoms with van der Waals surface area (Å²) in [5.41, 5.74) is 8.22. The van der Waals surface area contributed by atoms with E-state index < -0.39 is 0 Å². The van der Waals surface area contributed by atoms with Crippen molar-refractivity contribution in [2.45, 2.75) is 6.92 Å². The molecule has 0 aliphatic carbocycles. The number of benzene rings is 1. The van der Waals surface area contributed by atoms with Crippen LogP contribution >= 0.6 is 0 Å². The summed E-state index contributed by atoms with van der Waals surface area (Å²) < 4.78 is 5.20. The number of aryl methyl sites for hydroxylation is 1. The molecule has 5 nitrogen and oxygen atoms in total. The smallest absolute Gasteiger partial charge is 0.157 e. The van der Waals surface area contributed by atoms with Crippen LogP contribution in [0.4, 0.5) is 17.2 Å². The van der Waals surface area contributed by atoms with Gasteiger partial charge in [-0.05, 0) is 30.7 Å². The van der Waals surface area contributed by atoms with Gasteiger partial charge in [0.25, 0.3) is 0 Å². The number of nitrogens with two attached hydrogens (primary N) is 1. The van der Waals surface area contributed by atoms with Crippen LogP contribution in [0.5, 0.6) is 5.75 Å². The molecular formula is C12H14N4O. The van der Waals surface area contributed by atoms with Crippen LogP contribution in [-0.4, -0.2) is 17.1 Å². The largest absolute Gasteiger partial charge is 0.496 e. The highest BCUT2D eigenvalue weighted by molar-refractivity contribution is 5.68. The number of aromatic nitrogens is 2. The third-order valence-electron chi connectivity index (χ3n) is 2.40. The predicted molar refractivity (Wildman–Crippen MR) is 67.5 cm³/mol. The quantitative estimate of drug-likeness (QED) is 0.844. The number of nitrogen functional groups attached to an aromatic ring is 1. The summed E-state index contributed by atoms with van der Waals surface area (Å²) in [6.07, 6.45) is 3.01. The highest BCUT2D eigenvalue weighted by Gasteiger charge is 2.03. The molecule has 0 saturated carbocycles. The monoisotopic (exact) mass is 230 g/mol. The third-order valence-corrected chi connectivity index (χ3v) is 2.40. The Balaban J connectivity index is 2.25. The molecule has 0 spiro atoms. The standard InChI is InChI=1S/C12H14N4O/c1-8-5-9(3-4-11(8)17-2)16-12-10(13)6-14-7-15-12/h3-7H,13H2,1-2H3,(H,14,15,16). The molecule has 0 amide bonds. The molecule has 0 radical (unpaired) electrons. The first-order chi connectivity index (χ1) is 8.20. The van der Waals surface area contributed by atoms with Crippen LogP contribution in [0.3, 0.4) is 0 Å². The van der Waals surface area contributed by atoms with Crippen molar-refractivity contribution in [2.24, 2.45) is 0 Å². The fourth-order valence-electron chi connectivity index (χ4n) is 1.54. The van der Waals surface area contributed by atoms with E-state index in [1.807, 2.05) is 25.1 Å². The minimum Gasteiger partial charge on any atom is -0.496 e. The Kier molecular flexibility index (Phi) is 3.09. The molecule has 0 unspecified atom stereocenters. The van der Waals surface area contributed by atoms with Crippen LogP contribution in [0.1, 0.15) is 5.56 Å². The lowest BCUT2D eigenvalue weighted by Crippen LogP contribution is -2.00. The summed E-state index contributed by atoms with van der Waals surface area (Å²) >= 11 is 0. The number of rotatable bonds is 3. The molecule has 1 aromatic heterocycles. The van der Waals surface area contributed by atoms with Crippen LogP contribution in [0, 0.1) is 6.92 Å². The number of hydrogen-bond acceptors (Lipinski definition) is 5. The highest BCUT2D eigenvalue weighted by atomic mass is 16.5. The van der Waals surface area contributed by atoms with Crippen molar-refractivity contribution < 1.29 is 4.74 Å². The minimum absolute atomic E-state index is 0.515. The van der Waals surface area contributed by atoms with Gasteiger partial charge < -0.3 is 15.8 Å². The van der Waals surface area contributed by atoms with Crippen molar-refractivity contribution in [1.29, 1.82) is 0 Å². The van der Waals surface area contributed by atoms with Gasteiger partial charge in [0.05, 0.1) is 19.0 Å². The molecule has 0 aliphatic rings. The summed E-state index contributed by atoms with van der Waals surface area (Å²) in [6.45, 7) is 1.98.